The number of aromatic nitrogens is 2. The summed E-state index contributed by atoms with van der Waals surface area (Å²) in [6.07, 6.45) is 4.33. The summed E-state index contributed by atoms with van der Waals surface area (Å²) >= 11 is 0. The number of aliphatic hydroxyl groups excluding tert-OH is 1. The van der Waals surface area contributed by atoms with Gasteiger partial charge in [0.2, 0.25) is 0 Å². The van der Waals surface area contributed by atoms with Gasteiger partial charge in [-0.1, -0.05) is 18.2 Å². The highest BCUT2D eigenvalue weighted by Crippen LogP contribution is 2.40. The van der Waals surface area contributed by atoms with Gasteiger partial charge in [0.15, 0.2) is 0 Å². The number of H-pyrrole nitrogens is 1. The van der Waals surface area contributed by atoms with E-state index in [1.54, 1.807) is 6.92 Å². The normalized spacial score (nSPS) is 17.7. The van der Waals surface area contributed by atoms with Gasteiger partial charge in [-0.25, -0.2) is 4.98 Å². The van der Waals surface area contributed by atoms with Gasteiger partial charge >= 0.3 is 0 Å². The quantitative estimate of drug-likeness (QED) is 0.441. The second-order valence-corrected chi connectivity index (χ2v) is 6.17. The fourth-order valence-corrected chi connectivity index (χ4v) is 2.98. The Morgan fingerprint density at radius 3 is 2.78 bits per heavy atom. The third-order valence-electron chi connectivity index (χ3n) is 4.48. The summed E-state index contributed by atoms with van der Waals surface area (Å²) < 4.78 is 0. The van der Waals surface area contributed by atoms with Gasteiger partial charge in [-0.2, -0.15) is 0 Å². The number of allylic oxidation sites excluding steroid dienone is 2. The van der Waals surface area contributed by atoms with Crippen LogP contribution in [0.1, 0.15) is 69.0 Å². The van der Waals surface area contributed by atoms with Crippen LogP contribution in [0.25, 0.3) is 16.6 Å². The Morgan fingerprint density at radius 1 is 1.48 bits per heavy atom. The van der Waals surface area contributed by atoms with Crippen LogP contribution in [-0.2, 0) is 0 Å². The molecule has 1 aliphatic rings. The van der Waals surface area contributed by atoms with E-state index in [1.165, 1.54) is 12.8 Å². The van der Waals surface area contributed by atoms with Crippen molar-refractivity contribution >= 4 is 22.3 Å². The molecule has 3 N–H and O–H groups in total. The molecule has 1 saturated carbocycles. The Balaban J connectivity index is 2.19. The van der Waals surface area contributed by atoms with Crippen molar-refractivity contribution in [2.45, 2.75) is 52.1 Å². The predicted octanol–water partition coefficient (Wildman–Crippen LogP) is 4.14. The van der Waals surface area contributed by atoms with Crippen LogP contribution >= 0.6 is 0 Å². The molecule has 1 aromatic heterocycles. The number of hydrogen-bond acceptors (Lipinski definition) is 4. The van der Waals surface area contributed by atoms with Crippen LogP contribution in [0.5, 0.6) is 0 Å². The third kappa shape index (κ3) is 2.88. The summed E-state index contributed by atoms with van der Waals surface area (Å²) in [5.74, 6) is 1.54. The average molecular weight is 313 g/mol. The van der Waals surface area contributed by atoms with Crippen LogP contribution in [0.2, 0.25) is 0 Å². The topological polar surface area (TPSA) is 81.5 Å². The first-order valence-electron chi connectivity index (χ1n) is 8.16. The lowest BCUT2D eigenvalue weighted by molar-refractivity contribution is 0.175. The minimum atomic E-state index is -0.558. The van der Waals surface area contributed by atoms with Crippen molar-refractivity contribution < 1.29 is 10.3 Å². The fourth-order valence-electron chi connectivity index (χ4n) is 2.98. The zero-order valence-corrected chi connectivity index (χ0v) is 13.8. The van der Waals surface area contributed by atoms with E-state index in [9.17, 15) is 5.11 Å². The Kier molecular flexibility index (Phi) is 4.22. The molecule has 0 saturated heterocycles. The van der Waals surface area contributed by atoms with Gasteiger partial charge in [0.25, 0.3) is 0 Å². The first-order valence-corrected chi connectivity index (χ1v) is 8.16. The van der Waals surface area contributed by atoms with Gasteiger partial charge in [-0.05, 0) is 50.8 Å². The van der Waals surface area contributed by atoms with Crippen LogP contribution < -0.4 is 0 Å². The number of rotatable bonds is 5. The minimum Gasteiger partial charge on any atom is -0.411 e. The summed E-state index contributed by atoms with van der Waals surface area (Å²) in [5, 5.41) is 22.8. The lowest BCUT2D eigenvalue weighted by Crippen LogP contribution is -2.02. The summed E-state index contributed by atoms with van der Waals surface area (Å²) in [6.45, 7) is 5.62. The van der Waals surface area contributed by atoms with Gasteiger partial charge in [0, 0.05) is 17.1 Å². The molecule has 5 heteroatoms. The molecule has 5 nitrogen and oxygen atoms in total. The lowest BCUT2D eigenvalue weighted by Gasteiger charge is -2.13. The highest BCUT2D eigenvalue weighted by atomic mass is 16.4. The molecule has 0 radical (unpaired) electrons. The monoisotopic (exact) mass is 313 g/mol. The van der Waals surface area contributed by atoms with Gasteiger partial charge in [0.05, 0.1) is 22.8 Å². The van der Waals surface area contributed by atoms with Crippen molar-refractivity contribution in [1.82, 2.24) is 9.97 Å². The maximum atomic E-state index is 10.4. The van der Waals surface area contributed by atoms with E-state index in [0.717, 1.165) is 33.6 Å². The summed E-state index contributed by atoms with van der Waals surface area (Å²) in [7, 11) is 0. The van der Waals surface area contributed by atoms with Crippen LogP contribution in [0.3, 0.4) is 0 Å². The number of benzene rings is 1. The van der Waals surface area contributed by atoms with E-state index in [4.69, 9.17) is 10.2 Å². The molecule has 0 amide bonds. The summed E-state index contributed by atoms with van der Waals surface area (Å²) in [4.78, 5) is 8.12. The molecule has 0 spiro atoms. The molecule has 122 valence electrons. The van der Waals surface area contributed by atoms with Gasteiger partial charge in [-0.3, -0.25) is 0 Å². The van der Waals surface area contributed by atoms with E-state index >= 15 is 0 Å². The third-order valence-corrected chi connectivity index (χ3v) is 4.48. The maximum Gasteiger partial charge on any atom is 0.110 e. The molecule has 1 fully saturated rings. The molecule has 23 heavy (non-hydrogen) atoms. The van der Waals surface area contributed by atoms with Crippen molar-refractivity contribution in [3.05, 3.63) is 35.2 Å². The maximum absolute atomic E-state index is 10.4. The Hall–Kier alpha value is -2.14. The number of fused-ring (bicyclic) bond motifs is 1. The molecule has 1 unspecified atom stereocenters. The molecule has 1 aliphatic carbocycles. The van der Waals surface area contributed by atoms with E-state index in [1.807, 2.05) is 32.1 Å². The van der Waals surface area contributed by atoms with Crippen LogP contribution in [0.4, 0.5) is 0 Å². The number of hydrogen-bond donors (Lipinski definition) is 3. The van der Waals surface area contributed by atoms with Gasteiger partial charge in [0.1, 0.15) is 5.82 Å². The minimum absolute atomic E-state index is 0.527. The van der Waals surface area contributed by atoms with Crippen LogP contribution in [0, 0.1) is 0 Å². The second-order valence-electron chi connectivity index (χ2n) is 6.17. The van der Waals surface area contributed by atoms with Crippen molar-refractivity contribution in [3.63, 3.8) is 0 Å². The van der Waals surface area contributed by atoms with E-state index in [2.05, 4.69) is 10.1 Å². The molecule has 1 aromatic carbocycles. The zero-order valence-electron chi connectivity index (χ0n) is 13.8. The zero-order chi connectivity index (χ0) is 16.6. The first-order chi connectivity index (χ1) is 11.1. The lowest BCUT2D eigenvalue weighted by atomic mass is 9.96. The van der Waals surface area contributed by atoms with Crippen LogP contribution in [0.15, 0.2) is 23.4 Å². The van der Waals surface area contributed by atoms with Crippen LogP contribution in [-0.4, -0.2) is 26.0 Å². The van der Waals surface area contributed by atoms with Gasteiger partial charge in [-0.15, -0.1) is 0 Å². The Morgan fingerprint density at radius 2 is 2.22 bits per heavy atom. The number of nitrogens with zero attached hydrogens (tertiary/aromatic N) is 2. The number of oxime groups is 1. The predicted molar refractivity (Wildman–Crippen MR) is 91.9 cm³/mol. The second kappa shape index (κ2) is 6.16. The molecule has 1 heterocycles. The summed E-state index contributed by atoms with van der Waals surface area (Å²) in [5.41, 5.74) is 4.92. The van der Waals surface area contributed by atoms with E-state index < -0.39 is 6.10 Å². The SMILES string of the molecule is C/C=C(/C(C)=N\O)c1cc(C(O)CC)c2nc(C3CC3)[nH]c2c1. The Bertz CT molecular complexity index is 785. The first kappa shape index (κ1) is 15.7. The molecular weight excluding hydrogens is 290 g/mol. The van der Waals surface area contributed by atoms with Crippen molar-refractivity contribution in [2.75, 3.05) is 0 Å². The van der Waals surface area contributed by atoms with Crippen molar-refractivity contribution in [1.29, 1.82) is 0 Å². The molecular formula is C18H23N3O2. The molecule has 0 aliphatic heterocycles. The molecule has 1 atom stereocenters. The van der Waals surface area contributed by atoms with E-state index in [0.29, 0.717) is 18.1 Å². The number of nitrogens with one attached hydrogen (secondary N) is 1. The number of aliphatic hydroxyl groups is 1. The highest BCUT2D eigenvalue weighted by molar-refractivity contribution is 6.22. The fraction of sp³-hybridized carbons (Fsp3) is 0.444. The number of aromatic amines is 1. The molecule has 2 aromatic rings. The van der Waals surface area contributed by atoms with Gasteiger partial charge < -0.3 is 15.3 Å². The molecule has 3 rings (SSSR count). The smallest absolute Gasteiger partial charge is 0.110 e. The van der Waals surface area contributed by atoms with Crippen molar-refractivity contribution in [2.24, 2.45) is 5.16 Å². The highest BCUT2D eigenvalue weighted by Gasteiger charge is 2.28. The van der Waals surface area contributed by atoms with Crippen molar-refractivity contribution in [3.8, 4) is 0 Å². The number of imidazole rings is 1. The largest absolute Gasteiger partial charge is 0.411 e. The Labute approximate surface area is 135 Å². The average Bonchev–Trinajstić information content (AvgIpc) is 3.33. The standard InChI is InChI=1S/C18H23N3O2/c1-4-13(10(3)21-23)12-8-14(16(22)5-2)17-15(9-12)19-18(20-17)11-6-7-11/h4,8-9,11,16,22-23H,5-7H2,1-3H3,(H,19,20)/b13-4-,21-10-. The van der Waals surface area contributed by atoms with E-state index in [-0.39, 0.29) is 0 Å². The summed E-state index contributed by atoms with van der Waals surface area (Å²) in [6, 6.07) is 3.97. The molecule has 0 bridgehead atoms.